The number of nitrogens with zero attached hydrogens (tertiary/aromatic N) is 3. The first-order valence-electron chi connectivity index (χ1n) is 9.11. The summed E-state index contributed by atoms with van der Waals surface area (Å²) in [6.45, 7) is 5.24. The molecule has 132 valence electrons. The quantitative estimate of drug-likeness (QED) is 0.670. The maximum Gasteiger partial charge on any atom is 0.229 e. The number of aromatic nitrogens is 3. The Bertz CT molecular complexity index is 917. The van der Waals surface area contributed by atoms with Crippen molar-refractivity contribution in [2.75, 3.05) is 18.5 Å². The molecule has 0 aromatic carbocycles. The van der Waals surface area contributed by atoms with Crippen molar-refractivity contribution >= 4 is 28.0 Å². The zero-order valence-electron chi connectivity index (χ0n) is 14.8. The van der Waals surface area contributed by atoms with Gasteiger partial charge in [0.05, 0.1) is 5.39 Å². The van der Waals surface area contributed by atoms with Crippen LogP contribution < -0.4 is 5.32 Å². The Kier molecular flexibility index (Phi) is 4.29. The lowest BCUT2D eigenvalue weighted by Gasteiger charge is -2.10. The van der Waals surface area contributed by atoms with Crippen LogP contribution in [0.25, 0.3) is 22.2 Å². The van der Waals surface area contributed by atoms with Gasteiger partial charge in [0, 0.05) is 18.8 Å². The van der Waals surface area contributed by atoms with Crippen molar-refractivity contribution in [1.29, 1.82) is 0 Å². The Morgan fingerprint density at radius 1 is 1.24 bits per heavy atom. The molecule has 0 amide bonds. The molecular formula is C19H24N4O2. The maximum absolute atomic E-state index is 8.97. The Morgan fingerprint density at radius 2 is 2.08 bits per heavy atom. The summed E-state index contributed by atoms with van der Waals surface area (Å²) >= 11 is 0. The second-order valence-corrected chi connectivity index (χ2v) is 7.15. The first-order chi connectivity index (χ1) is 12.2. The minimum absolute atomic E-state index is 0.148. The van der Waals surface area contributed by atoms with Gasteiger partial charge in [-0.3, -0.25) is 0 Å². The Balaban J connectivity index is 1.89. The standard InChI is InChI=1S/C19H24N4O2/c1-11(2)9-14-12-5-3-6-13(12)15-16-17(25-19(15)23-14)18(22-10-21-16)20-7-4-8-24/h10-11,24H,3-9H2,1-2H3,(H,20,21,22). The minimum atomic E-state index is 0.148. The summed E-state index contributed by atoms with van der Waals surface area (Å²) in [4.78, 5) is 13.7. The molecule has 25 heavy (non-hydrogen) atoms. The number of fused-ring (bicyclic) bond motifs is 5. The van der Waals surface area contributed by atoms with Crippen molar-refractivity contribution in [1.82, 2.24) is 15.0 Å². The molecule has 0 saturated carbocycles. The van der Waals surface area contributed by atoms with Crippen LogP contribution in [0.15, 0.2) is 10.7 Å². The van der Waals surface area contributed by atoms with Gasteiger partial charge in [0.15, 0.2) is 11.4 Å². The lowest BCUT2D eigenvalue weighted by Crippen LogP contribution is -2.05. The molecule has 0 atom stereocenters. The van der Waals surface area contributed by atoms with Crippen molar-refractivity contribution in [3.8, 4) is 0 Å². The van der Waals surface area contributed by atoms with E-state index in [0.29, 0.717) is 36.0 Å². The molecule has 1 aliphatic carbocycles. The van der Waals surface area contributed by atoms with Crippen LogP contribution in [0.4, 0.5) is 5.82 Å². The Labute approximate surface area is 146 Å². The third-order valence-electron chi connectivity index (χ3n) is 4.79. The number of furan rings is 1. The van der Waals surface area contributed by atoms with Crippen LogP contribution in [0.2, 0.25) is 0 Å². The van der Waals surface area contributed by atoms with E-state index in [1.54, 1.807) is 6.33 Å². The molecule has 0 saturated heterocycles. The molecule has 3 aromatic rings. The van der Waals surface area contributed by atoms with E-state index in [1.165, 1.54) is 23.2 Å². The zero-order valence-corrected chi connectivity index (χ0v) is 14.8. The maximum atomic E-state index is 8.97. The summed E-state index contributed by atoms with van der Waals surface area (Å²) in [7, 11) is 0. The van der Waals surface area contributed by atoms with Gasteiger partial charge in [-0.2, -0.15) is 0 Å². The predicted molar refractivity (Wildman–Crippen MR) is 97.9 cm³/mol. The molecule has 3 aromatic heterocycles. The number of aliphatic hydroxyl groups is 1. The average Bonchev–Trinajstić information content (AvgIpc) is 3.18. The predicted octanol–water partition coefficient (Wildman–Crippen LogP) is 3.25. The highest BCUT2D eigenvalue weighted by molar-refractivity contribution is 6.06. The van der Waals surface area contributed by atoms with Crippen molar-refractivity contribution in [2.24, 2.45) is 5.92 Å². The molecule has 0 spiro atoms. The molecule has 0 aliphatic heterocycles. The van der Waals surface area contributed by atoms with E-state index >= 15 is 0 Å². The van der Waals surface area contributed by atoms with Crippen LogP contribution in [-0.2, 0) is 19.3 Å². The van der Waals surface area contributed by atoms with Gasteiger partial charge in [0.1, 0.15) is 11.8 Å². The molecule has 6 nitrogen and oxygen atoms in total. The fourth-order valence-electron chi connectivity index (χ4n) is 3.74. The molecular weight excluding hydrogens is 316 g/mol. The second-order valence-electron chi connectivity index (χ2n) is 7.15. The van der Waals surface area contributed by atoms with Crippen molar-refractivity contribution in [3.05, 3.63) is 23.1 Å². The van der Waals surface area contributed by atoms with Gasteiger partial charge >= 0.3 is 0 Å². The van der Waals surface area contributed by atoms with E-state index in [0.717, 1.165) is 30.2 Å². The van der Waals surface area contributed by atoms with Crippen LogP contribution in [0.1, 0.15) is 43.5 Å². The van der Waals surface area contributed by atoms with Crippen molar-refractivity contribution in [2.45, 2.75) is 46.0 Å². The normalized spacial score (nSPS) is 13.9. The average molecular weight is 340 g/mol. The number of hydrogen-bond donors (Lipinski definition) is 2. The van der Waals surface area contributed by atoms with Crippen LogP contribution in [0, 0.1) is 5.92 Å². The molecule has 0 fully saturated rings. The fourth-order valence-corrected chi connectivity index (χ4v) is 3.74. The van der Waals surface area contributed by atoms with Gasteiger partial charge in [0.25, 0.3) is 0 Å². The van der Waals surface area contributed by atoms with Crippen molar-refractivity contribution < 1.29 is 9.52 Å². The summed E-state index contributed by atoms with van der Waals surface area (Å²) in [5.74, 6) is 1.24. The summed E-state index contributed by atoms with van der Waals surface area (Å²) in [5, 5.41) is 13.3. The van der Waals surface area contributed by atoms with Gasteiger partial charge in [0.2, 0.25) is 5.71 Å². The SMILES string of the molecule is CC(C)Cc1nc2oc3c(NCCCO)ncnc3c2c2c1CCC2. The van der Waals surface area contributed by atoms with E-state index in [2.05, 4.69) is 29.1 Å². The first-order valence-corrected chi connectivity index (χ1v) is 9.11. The van der Waals surface area contributed by atoms with Gasteiger partial charge in [-0.15, -0.1) is 0 Å². The molecule has 3 heterocycles. The van der Waals surface area contributed by atoms with E-state index in [9.17, 15) is 0 Å². The van der Waals surface area contributed by atoms with Crippen LogP contribution in [0.3, 0.4) is 0 Å². The van der Waals surface area contributed by atoms with E-state index < -0.39 is 0 Å². The fraction of sp³-hybridized carbons (Fsp3) is 0.526. The molecule has 0 unspecified atom stereocenters. The highest BCUT2D eigenvalue weighted by Crippen LogP contribution is 2.38. The summed E-state index contributed by atoms with van der Waals surface area (Å²) in [6, 6.07) is 0. The van der Waals surface area contributed by atoms with E-state index in [-0.39, 0.29) is 6.61 Å². The highest BCUT2D eigenvalue weighted by Gasteiger charge is 2.25. The molecule has 6 heteroatoms. The smallest absolute Gasteiger partial charge is 0.229 e. The van der Waals surface area contributed by atoms with Crippen molar-refractivity contribution in [3.63, 3.8) is 0 Å². The molecule has 4 rings (SSSR count). The lowest BCUT2D eigenvalue weighted by atomic mass is 9.99. The van der Waals surface area contributed by atoms with E-state index in [1.807, 2.05) is 0 Å². The minimum Gasteiger partial charge on any atom is -0.432 e. The van der Waals surface area contributed by atoms with Gasteiger partial charge in [-0.25, -0.2) is 15.0 Å². The molecule has 1 aliphatic rings. The monoisotopic (exact) mass is 340 g/mol. The van der Waals surface area contributed by atoms with Crippen LogP contribution in [0.5, 0.6) is 0 Å². The lowest BCUT2D eigenvalue weighted by molar-refractivity contribution is 0.292. The summed E-state index contributed by atoms with van der Waals surface area (Å²) < 4.78 is 6.10. The topological polar surface area (TPSA) is 84.1 Å². The first kappa shape index (κ1) is 16.3. The third-order valence-corrected chi connectivity index (χ3v) is 4.79. The molecule has 2 N–H and O–H groups in total. The molecule has 0 radical (unpaired) electrons. The van der Waals surface area contributed by atoms with Gasteiger partial charge in [-0.1, -0.05) is 13.8 Å². The third kappa shape index (κ3) is 2.84. The van der Waals surface area contributed by atoms with E-state index in [4.69, 9.17) is 14.5 Å². The summed E-state index contributed by atoms with van der Waals surface area (Å²) in [6.07, 6.45) is 6.54. The number of pyridine rings is 1. The zero-order chi connectivity index (χ0) is 17.4. The Morgan fingerprint density at radius 3 is 2.88 bits per heavy atom. The van der Waals surface area contributed by atoms with Gasteiger partial charge in [-0.05, 0) is 49.1 Å². The molecule has 0 bridgehead atoms. The van der Waals surface area contributed by atoms with Crippen LogP contribution >= 0.6 is 0 Å². The second kappa shape index (κ2) is 6.59. The highest BCUT2D eigenvalue weighted by atomic mass is 16.3. The number of aliphatic hydroxyl groups excluding tert-OH is 1. The van der Waals surface area contributed by atoms with Crippen LogP contribution in [-0.4, -0.2) is 33.2 Å². The number of anilines is 1. The largest absolute Gasteiger partial charge is 0.432 e. The number of nitrogens with one attached hydrogen (secondary N) is 1. The summed E-state index contributed by atoms with van der Waals surface area (Å²) in [5.41, 5.74) is 6.13. The number of hydrogen-bond acceptors (Lipinski definition) is 6. The van der Waals surface area contributed by atoms with Gasteiger partial charge < -0.3 is 14.8 Å². The Hall–Kier alpha value is -2.21. The number of rotatable bonds is 6. The number of aryl methyl sites for hydroxylation is 1.